The monoisotopic (exact) mass is 459 g/mol. The van der Waals surface area contributed by atoms with Crippen LogP contribution in [0.2, 0.25) is 10.0 Å². The van der Waals surface area contributed by atoms with Gasteiger partial charge in [-0.05, 0) is 56.6 Å². The van der Waals surface area contributed by atoms with Crippen molar-refractivity contribution in [2.24, 2.45) is 0 Å². The Morgan fingerprint density at radius 3 is 2.66 bits per heavy atom. The Bertz CT molecular complexity index is 1040. The second-order valence-electron chi connectivity index (χ2n) is 6.45. The smallest absolute Gasteiger partial charge is 0.290 e. The number of benzene rings is 1. The Balaban J connectivity index is 1.81. The van der Waals surface area contributed by atoms with E-state index in [0.717, 1.165) is 12.8 Å². The molecule has 0 saturated carbocycles. The van der Waals surface area contributed by atoms with E-state index in [4.69, 9.17) is 27.6 Å². The maximum Gasteiger partial charge on any atom is 0.290 e. The lowest BCUT2D eigenvalue weighted by Gasteiger charge is -2.34. The van der Waals surface area contributed by atoms with Gasteiger partial charge in [-0.25, -0.2) is 13.1 Å². The predicted octanol–water partition coefficient (Wildman–Crippen LogP) is 3.13. The molecule has 1 fully saturated rings. The van der Waals surface area contributed by atoms with Gasteiger partial charge in [-0.3, -0.25) is 9.59 Å². The molecule has 8 nitrogen and oxygen atoms in total. The van der Waals surface area contributed by atoms with E-state index < -0.39 is 27.9 Å². The van der Waals surface area contributed by atoms with E-state index >= 15 is 0 Å². The van der Waals surface area contributed by atoms with Crippen molar-refractivity contribution in [3.8, 4) is 0 Å². The van der Waals surface area contributed by atoms with E-state index in [2.05, 4.69) is 10.0 Å². The van der Waals surface area contributed by atoms with Crippen LogP contribution in [0.5, 0.6) is 0 Å². The van der Waals surface area contributed by atoms with E-state index in [-0.39, 0.29) is 10.9 Å². The van der Waals surface area contributed by atoms with Gasteiger partial charge < -0.3 is 14.6 Å². The lowest BCUT2D eigenvalue weighted by molar-refractivity contribution is -0.121. The highest BCUT2D eigenvalue weighted by Crippen LogP contribution is 2.28. The topological polar surface area (TPSA) is 109 Å². The fourth-order valence-corrected chi connectivity index (χ4v) is 4.06. The molecule has 0 radical (unpaired) electrons. The minimum atomic E-state index is -3.81. The maximum absolute atomic E-state index is 12.9. The summed E-state index contributed by atoms with van der Waals surface area (Å²) in [6.45, 7) is 0.342. The molecule has 0 spiro atoms. The van der Waals surface area contributed by atoms with Crippen molar-refractivity contribution in [2.75, 3.05) is 18.9 Å². The fourth-order valence-electron chi connectivity index (χ4n) is 3.08. The average molecular weight is 460 g/mol. The molecule has 2 aromatic rings. The summed E-state index contributed by atoms with van der Waals surface area (Å²) in [6.07, 6.45) is 1.94. The maximum atomic E-state index is 12.9. The first-order valence-electron chi connectivity index (χ1n) is 8.83. The third-order valence-electron chi connectivity index (χ3n) is 4.58. The van der Waals surface area contributed by atoms with Gasteiger partial charge in [0.2, 0.25) is 11.0 Å². The molecule has 2 amide bonds. The molecule has 11 heteroatoms. The van der Waals surface area contributed by atoms with Crippen LogP contribution in [0.4, 0.5) is 5.69 Å². The van der Waals surface area contributed by atoms with E-state index in [9.17, 15) is 18.0 Å². The largest absolute Gasteiger partial charge is 0.438 e. The molecule has 1 aliphatic heterocycles. The highest BCUT2D eigenvalue weighted by atomic mass is 35.5. The quantitative estimate of drug-likeness (QED) is 0.713. The second kappa shape index (κ2) is 8.74. The number of furan rings is 1. The Morgan fingerprint density at radius 2 is 1.93 bits per heavy atom. The van der Waals surface area contributed by atoms with Gasteiger partial charge >= 0.3 is 0 Å². The molecule has 1 atom stereocenters. The molecule has 3 rings (SSSR count). The first kappa shape index (κ1) is 21.6. The molecule has 1 aliphatic rings. The molecule has 0 aliphatic carbocycles. The number of rotatable bonds is 5. The number of nitrogens with zero attached hydrogens (tertiary/aromatic N) is 1. The first-order chi connectivity index (χ1) is 13.7. The Hall–Kier alpha value is -2.07. The van der Waals surface area contributed by atoms with Crippen LogP contribution in [0.25, 0.3) is 0 Å². The van der Waals surface area contributed by atoms with E-state index in [1.165, 1.54) is 30.1 Å². The van der Waals surface area contributed by atoms with Gasteiger partial charge in [0.15, 0.2) is 5.76 Å². The number of hydrogen-bond donors (Lipinski definition) is 2. The Morgan fingerprint density at radius 1 is 1.17 bits per heavy atom. The summed E-state index contributed by atoms with van der Waals surface area (Å²) in [6, 6.07) is 6.42. The summed E-state index contributed by atoms with van der Waals surface area (Å²) < 4.78 is 31.0. The summed E-state index contributed by atoms with van der Waals surface area (Å²) in [5, 5.41) is 3.08. The van der Waals surface area contributed by atoms with E-state index in [1.54, 1.807) is 12.1 Å². The zero-order valence-electron chi connectivity index (χ0n) is 15.4. The van der Waals surface area contributed by atoms with Crippen LogP contribution in [-0.2, 0) is 14.8 Å². The van der Waals surface area contributed by atoms with Crippen LogP contribution in [0, 0.1) is 0 Å². The zero-order chi connectivity index (χ0) is 21.2. The number of halogens is 2. The van der Waals surface area contributed by atoms with Crippen LogP contribution in [0.3, 0.4) is 0 Å². The van der Waals surface area contributed by atoms with Crippen molar-refractivity contribution < 1.29 is 22.4 Å². The minimum absolute atomic E-state index is 0.153. The molecule has 1 aromatic carbocycles. The summed E-state index contributed by atoms with van der Waals surface area (Å²) in [5.41, 5.74) is 0.350. The molecule has 29 heavy (non-hydrogen) atoms. The van der Waals surface area contributed by atoms with Gasteiger partial charge in [0.05, 0.1) is 10.7 Å². The number of hydrogen-bond acceptors (Lipinski definition) is 5. The average Bonchev–Trinajstić information content (AvgIpc) is 3.21. The van der Waals surface area contributed by atoms with Gasteiger partial charge in [0.25, 0.3) is 15.9 Å². The lowest BCUT2D eigenvalue weighted by Crippen LogP contribution is -2.50. The van der Waals surface area contributed by atoms with Crippen LogP contribution >= 0.6 is 23.2 Å². The molecule has 1 aromatic heterocycles. The molecule has 2 N–H and O–H groups in total. The number of carbonyl (C=O) groups is 2. The highest BCUT2D eigenvalue weighted by Gasteiger charge is 2.34. The van der Waals surface area contributed by atoms with Crippen LogP contribution in [0.1, 0.15) is 29.8 Å². The summed E-state index contributed by atoms with van der Waals surface area (Å²) in [5.74, 6) is -1.12. The van der Waals surface area contributed by atoms with Crippen molar-refractivity contribution in [1.82, 2.24) is 9.62 Å². The number of anilines is 1. The summed E-state index contributed by atoms with van der Waals surface area (Å²) in [4.78, 5) is 27.1. The molecular formula is C18H19Cl2N3O5S. The number of likely N-dealkylation sites (tertiary alicyclic amines) is 1. The van der Waals surface area contributed by atoms with E-state index in [0.29, 0.717) is 28.7 Å². The molecule has 1 saturated heterocycles. The van der Waals surface area contributed by atoms with Crippen LogP contribution in [0.15, 0.2) is 39.8 Å². The fraction of sp³-hybridized carbons (Fsp3) is 0.333. The van der Waals surface area contributed by atoms with Crippen molar-refractivity contribution in [3.63, 3.8) is 0 Å². The van der Waals surface area contributed by atoms with Crippen molar-refractivity contribution in [1.29, 1.82) is 0 Å². The van der Waals surface area contributed by atoms with Gasteiger partial charge in [0.1, 0.15) is 6.04 Å². The van der Waals surface area contributed by atoms with E-state index in [1.807, 2.05) is 0 Å². The minimum Gasteiger partial charge on any atom is -0.438 e. The molecule has 0 bridgehead atoms. The van der Waals surface area contributed by atoms with Gasteiger partial charge in [-0.15, -0.1) is 0 Å². The number of nitrogens with one attached hydrogen (secondary N) is 2. The highest BCUT2D eigenvalue weighted by molar-refractivity contribution is 7.89. The summed E-state index contributed by atoms with van der Waals surface area (Å²) >= 11 is 12.1. The summed E-state index contributed by atoms with van der Waals surface area (Å²) in [7, 11) is -2.57. The standard InChI is InChI=1S/C18H19Cl2N3O5S/c1-21-29(26,27)16-8-7-15(28-16)18(25)23-9-3-2-4-14(23)17(24)22-13-10-11(19)5-6-12(13)20/h5-8,10,14,21H,2-4,9H2,1H3,(H,22,24)/t14-/m1/s1. The zero-order valence-corrected chi connectivity index (χ0v) is 17.8. The predicted molar refractivity (Wildman–Crippen MR) is 109 cm³/mol. The number of piperidine rings is 1. The van der Waals surface area contributed by atoms with Crippen molar-refractivity contribution >= 4 is 50.7 Å². The third-order valence-corrected chi connectivity index (χ3v) is 6.43. The first-order valence-corrected chi connectivity index (χ1v) is 11.1. The molecule has 0 unspecified atom stereocenters. The lowest BCUT2D eigenvalue weighted by atomic mass is 10.0. The molecule has 156 valence electrons. The van der Waals surface area contributed by atoms with Gasteiger partial charge in [-0.2, -0.15) is 0 Å². The van der Waals surface area contributed by atoms with Crippen LogP contribution in [-0.4, -0.2) is 44.8 Å². The SMILES string of the molecule is CNS(=O)(=O)c1ccc(C(=O)N2CCCC[C@@H]2C(=O)Nc2cc(Cl)ccc2Cl)o1. The normalized spacial score (nSPS) is 17.2. The number of carbonyl (C=O) groups excluding carboxylic acids is 2. The third kappa shape index (κ3) is 4.75. The number of sulfonamides is 1. The Kier molecular flexibility index (Phi) is 6.52. The van der Waals surface area contributed by atoms with Crippen molar-refractivity contribution in [2.45, 2.75) is 30.4 Å². The molecule has 2 heterocycles. The number of amides is 2. The second-order valence-corrected chi connectivity index (χ2v) is 9.11. The van der Waals surface area contributed by atoms with Crippen molar-refractivity contribution in [3.05, 3.63) is 46.1 Å². The Labute approximate surface area is 178 Å². The molecular weight excluding hydrogens is 441 g/mol. The van der Waals surface area contributed by atoms with Gasteiger partial charge in [0, 0.05) is 11.6 Å². The van der Waals surface area contributed by atoms with Gasteiger partial charge in [-0.1, -0.05) is 23.2 Å². The van der Waals surface area contributed by atoms with Crippen LogP contribution < -0.4 is 10.0 Å².